The minimum absolute atomic E-state index is 0.354. The van der Waals surface area contributed by atoms with Crippen molar-refractivity contribution in [3.05, 3.63) is 0 Å². The SMILES string of the molecule is CC.CC.CC(CCO)CCCCCN1CCSCC1. The monoisotopic (exact) mass is 305 g/mol. The maximum absolute atomic E-state index is 8.80. The summed E-state index contributed by atoms with van der Waals surface area (Å²) in [5.74, 6) is 3.36. The first-order chi connectivity index (χ1) is 9.83. The lowest BCUT2D eigenvalue weighted by atomic mass is 10.0. The van der Waals surface area contributed by atoms with Gasteiger partial charge in [-0.15, -0.1) is 0 Å². The van der Waals surface area contributed by atoms with Gasteiger partial charge in [-0.2, -0.15) is 11.8 Å². The molecular formula is C17H39NOS. The molecule has 1 unspecified atom stereocenters. The second-order valence-electron chi connectivity index (χ2n) is 4.92. The Bertz CT molecular complexity index is 161. The molecule has 0 spiro atoms. The van der Waals surface area contributed by atoms with Gasteiger partial charge in [0.2, 0.25) is 0 Å². The van der Waals surface area contributed by atoms with Crippen LogP contribution in [-0.2, 0) is 0 Å². The fraction of sp³-hybridized carbons (Fsp3) is 1.00. The molecule has 0 aliphatic carbocycles. The van der Waals surface area contributed by atoms with Crippen molar-refractivity contribution in [1.29, 1.82) is 0 Å². The molecule has 1 fully saturated rings. The molecular weight excluding hydrogens is 266 g/mol. The van der Waals surface area contributed by atoms with E-state index in [9.17, 15) is 0 Å². The van der Waals surface area contributed by atoms with Crippen molar-refractivity contribution in [2.24, 2.45) is 5.92 Å². The average molecular weight is 306 g/mol. The first-order valence-corrected chi connectivity index (χ1v) is 9.89. The van der Waals surface area contributed by atoms with Crippen molar-refractivity contribution in [3.63, 3.8) is 0 Å². The molecule has 3 heteroatoms. The van der Waals surface area contributed by atoms with Gasteiger partial charge in [-0.1, -0.05) is 53.9 Å². The maximum atomic E-state index is 8.80. The summed E-state index contributed by atoms with van der Waals surface area (Å²) in [4.78, 5) is 2.60. The number of nitrogens with zero attached hydrogens (tertiary/aromatic N) is 1. The lowest BCUT2D eigenvalue weighted by Gasteiger charge is -2.25. The van der Waals surface area contributed by atoms with Crippen LogP contribution in [0.2, 0.25) is 0 Å². The Labute approximate surface area is 132 Å². The van der Waals surface area contributed by atoms with Crippen molar-refractivity contribution < 1.29 is 5.11 Å². The van der Waals surface area contributed by atoms with Crippen LogP contribution in [0.4, 0.5) is 0 Å². The summed E-state index contributed by atoms with van der Waals surface area (Å²) in [6, 6.07) is 0. The summed E-state index contributed by atoms with van der Waals surface area (Å²) < 4.78 is 0. The molecule has 1 heterocycles. The molecule has 124 valence electrons. The van der Waals surface area contributed by atoms with E-state index in [1.165, 1.54) is 56.8 Å². The first-order valence-electron chi connectivity index (χ1n) is 8.74. The van der Waals surface area contributed by atoms with Gasteiger partial charge in [0.05, 0.1) is 0 Å². The molecule has 1 atom stereocenters. The number of aliphatic hydroxyl groups is 1. The van der Waals surface area contributed by atoms with E-state index in [2.05, 4.69) is 23.6 Å². The van der Waals surface area contributed by atoms with E-state index in [1.54, 1.807) is 0 Å². The van der Waals surface area contributed by atoms with Crippen molar-refractivity contribution in [2.75, 3.05) is 37.7 Å². The molecule has 0 saturated carbocycles. The van der Waals surface area contributed by atoms with Crippen molar-refractivity contribution in [1.82, 2.24) is 4.90 Å². The zero-order chi connectivity index (χ0) is 15.6. The van der Waals surface area contributed by atoms with E-state index in [0.717, 1.165) is 6.42 Å². The highest BCUT2D eigenvalue weighted by Crippen LogP contribution is 2.14. The van der Waals surface area contributed by atoms with Crippen molar-refractivity contribution in [3.8, 4) is 0 Å². The number of thioether (sulfide) groups is 1. The molecule has 1 aliphatic rings. The molecule has 0 radical (unpaired) electrons. The summed E-state index contributed by atoms with van der Waals surface area (Å²) in [7, 11) is 0. The second kappa shape index (κ2) is 19.3. The maximum Gasteiger partial charge on any atom is 0.0433 e. The van der Waals surface area contributed by atoms with Gasteiger partial charge in [0.25, 0.3) is 0 Å². The van der Waals surface area contributed by atoms with Gasteiger partial charge < -0.3 is 10.0 Å². The molecule has 1 N–H and O–H groups in total. The normalized spacial score (nSPS) is 16.5. The minimum atomic E-state index is 0.354. The van der Waals surface area contributed by atoms with Gasteiger partial charge >= 0.3 is 0 Å². The molecule has 0 amide bonds. The van der Waals surface area contributed by atoms with Gasteiger partial charge in [0, 0.05) is 31.2 Å². The van der Waals surface area contributed by atoms with Crippen LogP contribution in [-0.4, -0.2) is 47.8 Å². The Hall–Kier alpha value is 0.270. The van der Waals surface area contributed by atoms with Gasteiger partial charge in [0.1, 0.15) is 0 Å². The van der Waals surface area contributed by atoms with E-state index in [-0.39, 0.29) is 0 Å². The number of aliphatic hydroxyl groups excluding tert-OH is 1. The van der Waals surface area contributed by atoms with E-state index in [0.29, 0.717) is 12.5 Å². The lowest BCUT2D eigenvalue weighted by molar-refractivity contribution is 0.254. The van der Waals surface area contributed by atoms with E-state index in [1.807, 2.05) is 27.7 Å². The molecule has 1 saturated heterocycles. The largest absolute Gasteiger partial charge is 0.396 e. The number of hydrogen-bond acceptors (Lipinski definition) is 3. The van der Waals surface area contributed by atoms with Crippen LogP contribution in [0.25, 0.3) is 0 Å². The van der Waals surface area contributed by atoms with Gasteiger partial charge in [-0.3, -0.25) is 0 Å². The fourth-order valence-corrected chi connectivity index (χ4v) is 3.17. The van der Waals surface area contributed by atoms with Crippen LogP contribution in [0.15, 0.2) is 0 Å². The third-order valence-electron chi connectivity index (χ3n) is 3.40. The summed E-state index contributed by atoms with van der Waals surface area (Å²) in [6.45, 7) is 14.5. The third-order valence-corrected chi connectivity index (χ3v) is 4.34. The zero-order valence-electron chi connectivity index (χ0n) is 14.7. The van der Waals surface area contributed by atoms with E-state index in [4.69, 9.17) is 5.11 Å². The van der Waals surface area contributed by atoms with Crippen LogP contribution in [0.3, 0.4) is 0 Å². The van der Waals surface area contributed by atoms with E-state index < -0.39 is 0 Å². The Morgan fingerprint density at radius 3 is 2.10 bits per heavy atom. The average Bonchev–Trinajstić information content (AvgIpc) is 2.52. The highest BCUT2D eigenvalue weighted by atomic mass is 32.2. The van der Waals surface area contributed by atoms with E-state index >= 15 is 0 Å². The van der Waals surface area contributed by atoms with Crippen LogP contribution in [0, 0.1) is 5.92 Å². The second-order valence-corrected chi connectivity index (χ2v) is 6.15. The Morgan fingerprint density at radius 1 is 0.950 bits per heavy atom. The highest BCUT2D eigenvalue weighted by Gasteiger charge is 2.09. The molecule has 0 bridgehead atoms. The standard InChI is InChI=1S/C13H27NOS.2C2H6/c1-13(6-10-15)5-3-2-4-7-14-8-11-16-12-9-14;2*1-2/h13,15H,2-12H2,1H3;2*1-2H3. The van der Waals surface area contributed by atoms with Gasteiger partial charge in [0.15, 0.2) is 0 Å². The number of hydrogen-bond donors (Lipinski definition) is 1. The van der Waals surface area contributed by atoms with Gasteiger partial charge in [-0.25, -0.2) is 0 Å². The molecule has 20 heavy (non-hydrogen) atoms. The molecule has 0 aromatic rings. The van der Waals surface area contributed by atoms with Crippen LogP contribution < -0.4 is 0 Å². The van der Waals surface area contributed by atoms with Crippen molar-refractivity contribution in [2.45, 2.75) is 66.7 Å². The molecule has 0 aromatic heterocycles. The molecule has 0 aromatic carbocycles. The van der Waals surface area contributed by atoms with Crippen LogP contribution in [0.5, 0.6) is 0 Å². The lowest BCUT2D eigenvalue weighted by Crippen LogP contribution is -2.33. The summed E-state index contributed by atoms with van der Waals surface area (Å²) in [5, 5.41) is 8.80. The Morgan fingerprint density at radius 2 is 1.55 bits per heavy atom. The summed E-state index contributed by atoms with van der Waals surface area (Å²) in [5.41, 5.74) is 0. The third kappa shape index (κ3) is 14.7. The summed E-state index contributed by atoms with van der Waals surface area (Å²) >= 11 is 2.09. The fourth-order valence-electron chi connectivity index (χ4n) is 2.19. The van der Waals surface area contributed by atoms with Crippen LogP contribution in [0.1, 0.15) is 66.7 Å². The summed E-state index contributed by atoms with van der Waals surface area (Å²) in [6.07, 6.45) is 6.32. The predicted octanol–water partition coefficient (Wildman–Crippen LogP) is 4.67. The zero-order valence-corrected chi connectivity index (χ0v) is 15.5. The first kappa shape index (κ1) is 22.5. The topological polar surface area (TPSA) is 23.5 Å². The molecule has 2 nitrogen and oxygen atoms in total. The van der Waals surface area contributed by atoms with Crippen molar-refractivity contribution >= 4 is 11.8 Å². The Balaban J connectivity index is 0. The Kier molecular flexibility index (Phi) is 21.7. The highest BCUT2D eigenvalue weighted by molar-refractivity contribution is 7.99. The molecule has 1 aliphatic heterocycles. The molecule has 1 rings (SSSR count). The number of rotatable bonds is 8. The minimum Gasteiger partial charge on any atom is -0.396 e. The van der Waals surface area contributed by atoms with Crippen LogP contribution >= 0.6 is 11.8 Å². The predicted molar refractivity (Wildman–Crippen MR) is 95.8 cm³/mol. The van der Waals surface area contributed by atoms with Gasteiger partial charge in [-0.05, 0) is 25.3 Å². The number of unbranched alkanes of at least 4 members (excludes halogenated alkanes) is 2. The quantitative estimate of drug-likeness (QED) is 0.659. The smallest absolute Gasteiger partial charge is 0.0433 e.